The summed E-state index contributed by atoms with van der Waals surface area (Å²) in [5.41, 5.74) is 2.79. The van der Waals surface area contributed by atoms with E-state index in [9.17, 15) is 4.79 Å². The predicted molar refractivity (Wildman–Crippen MR) is 127 cm³/mol. The first-order chi connectivity index (χ1) is 16.1. The van der Waals surface area contributed by atoms with Crippen LogP contribution in [0.3, 0.4) is 0 Å². The van der Waals surface area contributed by atoms with E-state index in [4.69, 9.17) is 25.6 Å². The minimum atomic E-state index is -0.184. The Kier molecular flexibility index (Phi) is 6.95. The van der Waals surface area contributed by atoms with Crippen molar-refractivity contribution in [3.05, 3.63) is 101 Å². The fourth-order valence-corrected chi connectivity index (χ4v) is 3.74. The summed E-state index contributed by atoms with van der Waals surface area (Å²) in [6.45, 7) is 0.653. The lowest BCUT2D eigenvalue weighted by atomic mass is 10.1. The zero-order chi connectivity index (χ0) is 23.2. The van der Waals surface area contributed by atoms with Gasteiger partial charge in [0.15, 0.2) is 5.76 Å². The van der Waals surface area contributed by atoms with Gasteiger partial charge in [-0.3, -0.25) is 4.79 Å². The minimum absolute atomic E-state index is 0.184. The molecule has 0 aliphatic heterocycles. The number of carbonyl (C=O) groups excluding carboxylic acids is 1. The Morgan fingerprint density at radius 2 is 1.70 bits per heavy atom. The summed E-state index contributed by atoms with van der Waals surface area (Å²) < 4.78 is 16.3. The molecule has 0 saturated carbocycles. The number of aromatic nitrogens is 1. The van der Waals surface area contributed by atoms with Gasteiger partial charge in [-0.15, -0.1) is 0 Å². The molecule has 1 amide bonds. The molecule has 6 nitrogen and oxygen atoms in total. The molecule has 0 unspecified atom stereocenters. The Morgan fingerprint density at radius 3 is 2.42 bits per heavy atom. The molecule has 168 valence electrons. The highest BCUT2D eigenvalue weighted by Crippen LogP contribution is 2.34. The molecule has 4 rings (SSSR count). The molecule has 0 radical (unpaired) electrons. The second kappa shape index (κ2) is 10.2. The second-order valence-corrected chi connectivity index (χ2v) is 7.78. The van der Waals surface area contributed by atoms with Gasteiger partial charge in [-0.05, 0) is 29.8 Å². The quantitative estimate of drug-likeness (QED) is 0.328. The van der Waals surface area contributed by atoms with Crippen LogP contribution in [0.4, 0.5) is 0 Å². The topological polar surface area (TPSA) is 64.8 Å². The lowest BCUT2D eigenvalue weighted by Gasteiger charge is -2.22. The van der Waals surface area contributed by atoms with Crippen LogP contribution in [-0.4, -0.2) is 30.2 Å². The fourth-order valence-electron chi connectivity index (χ4n) is 3.52. The molecular formula is C26H23ClN2O4. The van der Waals surface area contributed by atoms with Crippen molar-refractivity contribution in [1.29, 1.82) is 0 Å². The summed E-state index contributed by atoms with van der Waals surface area (Å²) in [6, 6.07) is 24.1. The van der Waals surface area contributed by atoms with Gasteiger partial charge in [0.2, 0.25) is 0 Å². The number of ether oxygens (including phenoxy) is 2. The molecule has 0 saturated heterocycles. The van der Waals surface area contributed by atoms with Crippen molar-refractivity contribution in [1.82, 2.24) is 10.1 Å². The van der Waals surface area contributed by atoms with E-state index in [1.165, 1.54) is 0 Å². The van der Waals surface area contributed by atoms with E-state index in [1.54, 1.807) is 49.5 Å². The van der Waals surface area contributed by atoms with E-state index in [1.807, 2.05) is 48.5 Å². The number of halogens is 1. The molecule has 7 heteroatoms. The molecule has 0 aliphatic rings. The van der Waals surface area contributed by atoms with Gasteiger partial charge < -0.3 is 18.9 Å². The number of nitrogens with zero attached hydrogens (tertiary/aromatic N) is 2. The zero-order valence-corrected chi connectivity index (χ0v) is 19.1. The van der Waals surface area contributed by atoms with Crippen LogP contribution in [0, 0.1) is 0 Å². The van der Waals surface area contributed by atoms with Crippen LogP contribution in [-0.2, 0) is 13.1 Å². The maximum Gasteiger partial charge on any atom is 0.256 e. The zero-order valence-electron chi connectivity index (χ0n) is 18.3. The molecule has 0 bridgehead atoms. The third kappa shape index (κ3) is 5.18. The van der Waals surface area contributed by atoms with Crippen LogP contribution in [0.15, 0.2) is 83.4 Å². The Balaban J connectivity index is 1.63. The van der Waals surface area contributed by atoms with Crippen LogP contribution in [0.1, 0.15) is 21.6 Å². The molecule has 3 aromatic carbocycles. The van der Waals surface area contributed by atoms with Crippen LogP contribution >= 0.6 is 11.6 Å². The van der Waals surface area contributed by atoms with E-state index >= 15 is 0 Å². The number of amides is 1. The van der Waals surface area contributed by atoms with Crippen molar-refractivity contribution >= 4 is 17.5 Å². The summed E-state index contributed by atoms with van der Waals surface area (Å²) in [4.78, 5) is 15.1. The first-order valence-electron chi connectivity index (χ1n) is 10.3. The van der Waals surface area contributed by atoms with Crippen LogP contribution in [0.5, 0.6) is 11.5 Å². The van der Waals surface area contributed by atoms with Gasteiger partial charge in [0, 0.05) is 18.7 Å². The van der Waals surface area contributed by atoms with Crippen molar-refractivity contribution in [3.63, 3.8) is 0 Å². The van der Waals surface area contributed by atoms with Crippen molar-refractivity contribution in [2.45, 2.75) is 13.1 Å². The third-order valence-corrected chi connectivity index (χ3v) is 5.52. The SMILES string of the molecule is COc1ccc(-c2cc(CN(Cc3ccccc3)C(=O)c3ccccc3Cl)no2)c(OC)c1. The van der Waals surface area contributed by atoms with Crippen LogP contribution < -0.4 is 9.47 Å². The van der Waals surface area contributed by atoms with E-state index in [2.05, 4.69) is 5.16 Å². The number of methoxy groups -OCH3 is 2. The molecule has 0 aliphatic carbocycles. The minimum Gasteiger partial charge on any atom is -0.497 e. The number of hydrogen-bond donors (Lipinski definition) is 0. The Morgan fingerprint density at radius 1 is 0.939 bits per heavy atom. The van der Waals surface area contributed by atoms with Gasteiger partial charge in [-0.1, -0.05) is 59.2 Å². The highest BCUT2D eigenvalue weighted by Gasteiger charge is 2.21. The van der Waals surface area contributed by atoms with Gasteiger partial charge in [-0.2, -0.15) is 0 Å². The molecule has 1 aromatic heterocycles. The number of benzene rings is 3. The molecule has 0 spiro atoms. The van der Waals surface area contributed by atoms with Crippen LogP contribution in [0.25, 0.3) is 11.3 Å². The van der Waals surface area contributed by atoms with Crippen molar-refractivity contribution in [2.24, 2.45) is 0 Å². The maximum atomic E-state index is 13.4. The Labute approximate surface area is 197 Å². The lowest BCUT2D eigenvalue weighted by Crippen LogP contribution is -2.30. The third-order valence-electron chi connectivity index (χ3n) is 5.19. The van der Waals surface area contributed by atoms with Gasteiger partial charge in [-0.25, -0.2) is 0 Å². The molecule has 33 heavy (non-hydrogen) atoms. The summed E-state index contributed by atoms with van der Waals surface area (Å²) in [7, 11) is 3.18. The molecule has 1 heterocycles. The average molecular weight is 463 g/mol. The van der Waals surface area contributed by atoms with E-state index in [0.717, 1.165) is 11.1 Å². The van der Waals surface area contributed by atoms with Crippen LogP contribution in [0.2, 0.25) is 5.02 Å². The first kappa shape index (κ1) is 22.4. The highest BCUT2D eigenvalue weighted by atomic mass is 35.5. The standard InChI is InChI=1S/C26H23ClN2O4/c1-31-20-12-13-22(24(15-20)32-2)25-14-19(28-33-25)17-29(16-18-8-4-3-5-9-18)26(30)21-10-6-7-11-23(21)27/h3-15H,16-17H2,1-2H3. The average Bonchev–Trinajstić information content (AvgIpc) is 3.32. The van der Waals surface area contributed by atoms with E-state index in [0.29, 0.717) is 40.1 Å². The lowest BCUT2D eigenvalue weighted by molar-refractivity contribution is 0.0726. The smallest absolute Gasteiger partial charge is 0.256 e. The Hall–Kier alpha value is -3.77. The molecule has 0 fully saturated rings. The summed E-state index contributed by atoms with van der Waals surface area (Å²) >= 11 is 6.31. The number of rotatable bonds is 8. The van der Waals surface area contributed by atoms with Crippen molar-refractivity contribution in [3.8, 4) is 22.8 Å². The van der Waals surface area contributed by atoms with Crippen molar-refractivity contribution in [2.75, 3.05) is 14.2 Å². The predicted octanol–water partition coefficient (Wildman–Crippen LogP) is 5.85. The Bertz CT molecular complexity index is 1240. The number of carbonyl (C=O) groups is 1. The highest BCUT2D eigenvalue weighted by molar-refractivity contribution is 6.33. The number of hydrogen-bond acceptors (Lipinski definition) is 5. The van der Waals surface area contributed by atoms with E-state index in [-0.39, 0.29) is 12.5 Å². The summed E-state index contributed by atoms with van der Waals surface area (Å²) in [6.07, 6.45) is 0. The first-order valence-corrected chi connectivity index (χ1v) is 10.7. The maximum absolute atomic E-state index is 13.4. The van der Waals surface area contributed by atoms with Gasteiger partial charge in [0.05, 0.1) is 36.9 Å². The molecule has 0 atom stereocenters. The normalized spacial score (nSPS) is 10.6. The van der Waals surface area contributed by atoms with E-state index < -0.39 is 0 Å². The fraction of sp³-hybridized carbons (Fsp3) is 0.154. The van der Waals surface area contributed by atoms with Gasteiger partial charge in [0.25, 0.3) is 5.91 Å². The van der Waals surface area contributed by atoms with Gasteiger partial charge >= 0.3 is 0 Å². The second-order valence-electron chi connectivity index (χ2n) is 7.38. The molecule has 0 N–H and O–H groups in total. The van der Waals surface area contributed by atoms with Gasteiger partial charge in [0.1, 0.15) is 17.2 Å². The monoisotopic (exact) mass is 462 g/mol. The summed E-state index contributed by atoms with van der Waals surface area (Å²) in [5, 5.41) is 4.61. The van der Waals surface area contributed by atoms with Crippen molar-refractivity contribution < 1.29 is 18.8 Å². The molecule has 4 aromatic rings. The summed E-state index contributed by atoms with van der Waals surface area (Å²) in [5.74, 6) is 1.63. The molecular weight excluding hydrogens is 440 g/mol. The largest absolute Gasteiger partial charge is 0.497 e.